The van der Waals surface area contributed by atoms with Crippen LogP contribution in [0, 0.1) is 0 Å². The Morgan fingerprint density at radius 3 is 1.56 bits per heavy atom. The lowest BCUT2D eigenvalue weighted by molar-refractivity contribution is -0.457. The summed E-state index contributed by atoms with van der Waals surface area (Å²) in [5, 5.41) is 1.73. The van der Waals surface area contributed by atoms with Crippen LogP contribution in [0.3, 0.4) is 0 Å². The molecule has 0 radical (unpaired) electrons. The van der Waals surface area contributed by atoms with Gasteiger partial charge in [-0.2, -0.15) is 0 Å². The van der Waals surface area contributed by atoms with Gasteiger partial charge in [-0.15, -0.1) is 0 Å². The summed E-state index contributed by atoms with van der Waals surface area (Å²) < 4.78 is 15.2. The quantitative estimate of drug-likeness (QED) is 0.470. The van der Waals surface area contributed by atoms with Gasteiger partial charge in [0.15, 0.2) is 0 Å². The first-order valence-electron chi connectivity index (χ1n) is 5.86. The third-order valence-electron chi connectivity index (χ3n) is 2.67. The smallest absolute Gasteiger partial charge is 0.224 e. The highest BCUT2D eigenvalue weighted by Crippen LogP contribution is 2.39. The molecular weight excluding hydrogens is 241 g/mol. The molecule has 92 valence electrons. The Bertz CT molecular complexity index is 543. The molecule has 2 aromatic carbocycles. The van der Waals surface area contributed by atoms with Gasteiger partial charge < -0.3 is 4.57 Å². The molecule has 2 nitrogen and oxygen atoms in total. The lowest BCUT2D eigenvalue weighted by atomic mass is 10.4. The van der Waals surface area contributed by atoms with Crippen LogP contribution in [0.2, 0.25) is 0 Å². The summed E-state index contributed by atoms with van der Waals surface area (Å²) >= 11 is 0. The molecule has 18 heavy (non-hydrogen) atoms. The summed E-state index contributed by atoms with van der Waals surface area (Å²) in [5.74, 6) is 1.82. The predicted octanol–water partition coefficient (Wildman–Crippen LogP) is 2.30. The molecule has 0 N–H and O–H groups in total. The van der Waals surface area contributed by atoms with Crippen LogP contribution in [0.1, 0.15) is 0 Å². The molecule has 0 unspecified atom stereocenters. The molecule has 0 saturated heterocycles. The topological polar surface area (TPSA) is 20.1 Å². The normalized spacial score (nSPS) is 11.0. The molecule has 2 rings (SSSR count). The Balaban J connectivity index is 2.63. The van der Waals surface area contributed by atoms with Crippen LogP contribution >= 0.6 is 7.14 Å². The summed E-state index contributed by atoms with van der Waals surface area (Å²) in [6.45, 7) is 0. The number of hydrogen-bond acceptors (Lipinski definition) is 1. The predicted molar refractivity (Wildman–Crippen MR) is 77.9 cm³/mol. The highest BCUT2D eigenvalue weighted by atomic mass is 31.2. The number of benzene rings is 2. The number of nitrogens with zero attached hydrogens (tertiary/aromatic N) is 1. The van der Waals surface area contributed by atoms with Crippen LogP contribution in [-0.2, 0) is 4.57 Å². The molecule has 0 amide bonds. The van der Waals surface area contributed by atoms with Gasteiger partial charge in [0.05, 0.1) is 0 Å². The van der Waals surface area contributed by atoms with Crippen molar-refractivity contribution >= 4 is 23.7 Å². The van der Waals surface area contributed by atoms with Gasteiger partial charge in [-0.05, 0) is 0 Å². The first-order valence-corrected chi connectivity index (χ1v) is 7.64. The zero-order valence-electron chi connectivity index (χ0n) is 10.7. The van der Waals surface area contributed by atoms with E-state index in [1.807, 2.05) is 85.3 Å². The van der Waals surface area contributed by atoms with Crippen molar-refractivity contribution in [2.45, 2.75) is 0 Å². The number of rotatable bonds is 3. The second-order valence-electron chi connectivity index (χ2n) is 4.41. The van der Waals surface area contributed by atoms with Gasteiger partial charge in [0.2, 0.25) is 13.1 Å². The lowest BCUT2D eigenvalue weighted by Crippen LogP contribution is -2.19. The van der Waals surface area contributed by atoms with Crippen LogP contribution in [0.5, 0.6) is 0 Å². The van der Waals surface area contributed by atoms with Crippen molar-refractivity contribution in [3.8, 4) is 0 Å². The fourth-order valence-electron chi connectivity index (χ4n) is 1.91. The zero-order valence-corrected chi connectivity index (χ0v) is 11.5. The van der Waals surface area contributed by atoms with E-state index in [4.69, 9.17) is 0 Å². The van der Waals surface area contributed by atoms with E-state index in [2.05, 4.69) is 0 Å². The summed E-state index contributed by atoms with van der Waals surface area (Å²) in [4.78, 5) is 0. The Labute approximate surface area is 108 Å². The van der Waals surface area contributed by atoms with Crippen LogP contribution in [-0.4, -0.2) is 24.6 Å². The summed E-state index contributed by atoms with van der Waals surface area (Å²) in [6, 6.07) is 19.3. The Morgan fingerprint density at radius 2 is 1.22 bits per heavy atom. The van der Waals surface area contributed by atoms with Gasteiger partial charge in [0.1, 0.15) is 14.1 Å². The second kappa shape index (κ2) is 5.32. The Morgan fingerprint density at radius 1 is 0.833 bits per heavy atom. The molecule has 0 bridgehead atoms. The summed E-state index contributed by atoms with van der Waals surface area (Å²) in [5.41, 5.74) is 0. The largest absolute Gasteiger partial charge is 0.303 e. The highest BCUT2D eigenvalue weighted by Gasteiger charge is 2.28. The lowest BCUT2D eigenvalue weighted by Gasteiger charge is -2.12. The van der Waals surface area contributed by atoms with E-state index in [0.717, 1.165) is 10.6 Å². The van der Waals surface area contributed by atoms with E-state index in [0.29, 0.717) is 0 Å². The van der Waals surface area contributed by atoms with Crippen molar-refractivity contribution in [3.05, 3.63) is 60.7 Å². The monoisotopic (exact) mass is 258 g/mol. The molecule has 3 heteroatoms. The summed E-state index contributed by atoms with van der Waals surface area (Å²) in [7, 11) is 1.12. The Hall–Kier alpha value is -1.66. The Kier molecular flexibility index (Phi) is 3.78. The second-order valence-corrected chi connectivity index (χ2v) is 6.99. The van der Waals surface area contributed by atoms with E-state index >= 15 is 0 Å². The van der Waals surface area contributed by atoms with Crippen LogP contribution in [0.4, 0.5) is 0 Å². The van der Waals surface area contributed by atoms with E-state index in [-0.39, 0.29) is 0 Å². The fraction of sp³-hybridized carbons (Fsp3) is 0.133. The SMILES string of the molecule is C[N+](C)=CP(=O)(c1ccccc1)c1ccccc1. The van der Waals surface area contributed by atoms with E-state index in [9.17, 15) is 4.57 Å². The zero-order chi connectivity index (χ0) is 13.0. The average Bonchev–Trinajstić information content (AvgIpc) is 2.40. The van der Waals surface area contributed by atoms with Gasteiger partial charge in [-0.25, -0.2) is 4.58 Å². The standard InChI is InChI=1S/C15H17NOP/c1-16(2)13-18(17,14-9-5-3-6-10-14)15-11-7-4-8-12-15/h3-13H,1-2H3/q+1. The maximum Gasteiger partial charge on any atom is 0.224 e. The van der Waals surface area contributed by atoms with Crippen molar-refractivity contribution < 1.29 is 9.14 Å². The van der Waals surface area contributed by atoms with Gasteiger partial charge in [-0.1, -0.05) is 60.7 Å². The fourth-order valence-corrected chi connectivity index (χ4v) is 4.35. The molecule has 0 aliphatic rings. The van der Waals surface area contributed by atoms with Crippen molar-refractivity contribution in [2.24, 2.45) is 0 Å². The maximum absolute atomic E-state index is 13.3. The van der Waals surface area contributed by atoms with Crippen molar-refractivity contribution in [1.82, 2.24) is 0 Å². The number of hydrogen-bond donors (Lipinski definition) is 0. The minimum Gasteiger partial charge on any atom is -0.303 e. The van der Waals surface area contributed by atoms with Gasteiger partial charge in [0.25, 0.3) is 0 Å². The van der Waals surface area contributed by atoms with Crippen molar-refractivity contribution in [2.75, 3.05) is 14.1 Å². The van der Waals surface area contributed by atoms with Gasteiger partial charge in [0, 0.05) is 10.6 Å². The minimum absolute atomic E-state index is 0.866. The first-order chi connectivity index (χ1) is 8.63. The molecule has 0 aliphatic carbocycles. The molecule has 0 atom stereocenters. The molecule has 0 aromatic heterocycles. The molecule has 2 aromatic rings. The molecule has 0 saturated carbocycles. The average molecular weight is 258 g/mol. The van der Waals surface area contributed by atoms with Crippen LogP contribution in [0.25, 0.3) is 0 Å². The third kappa shape index (κ3) is 2.60. The molecular formula is C15H17NOP+. The van der Waals surface area contributed by atoms with Gasteiger partial charge in [-0.3, -0.25) is 0 Å². The van der Waals surface area contributed by atoms with Crippen molar-refractivity contribution in [1.29, 1.82) is 0 Å². The van der Waals surface area contributed by atoms with E-state index in [1.165, 1.54) is 0 Å². The van der Waals surface area contributed by atoms with Crippen molar-refractivity contribution in [3.63, 3.8) is 0 Å². The minimum atomic E-state index is -2.68. The highest BCUT2D eigenvalue weighted by molar-refractivity contribution is 7.91. The first kappa shape index (κ1) is 12.8. The molecule has 0 heterocycles. The maximum atomic E-state index is 13.3. The molecule has 0 aliphatic heterocycles. The summed E-state index contributed by atoms with van der Waals surface area (Å²) in [6.07, 6.45) is 0. The van der Waals surface area contributed by atoms with Crippen LogP contribution < -0.4 is 10.6 Å². The third-order valence-corrected chi connectivity index (χ3v) is 5.59. The van der Waals surface area contributed by atoms with E-state index < -0.39 is 7.14 Å². The molecule has 0 spiro atoms. The van der Waals surface area contributed by atoms with E-state index in [1.54, 1.807) is 0 Å². The van der Waals surface area contributed by atoms with Gasteiger partial charge >= 0.3 is 0 Å². The molecule has 0 fully saturated rings. The van der Waals surface area contributed by atoms with Crippen LogP contribution in [0.15, 0.2) is 60.7 Å².